The van der Waals surface area contributed by atoms with Crippen molar-refractivity contribution in [1.82, 2.24) is 5.32 Å². The fraction of sp³-hybridized carbons (Fsp3) is 0.417. The van der Waals surface area contributed by atoms with Crippen molar-refractivity contribution in [3.8, 4) is 5.75 Å². The van der Waals surface area contributed by atoms with E-state index in [0.717, 1.165) is 6.42 Å². The molecule has 0 aliphatic heterocycles. The van der Waals surface area contributed by atoms with Gasteiger partial charge in [-0.1, -0.05) is 12.1 Å². The predicted molar refractivity (Wildman–Crippen MR) is 69.6 cm³/mol. The molecule has 0 saturated carbocycles. The van der Waals surface area contributed by atoms with Crippen LogP contribution < -0.4 is 21.1 Å². The number of ether oxygens (including phenoxy) is 1. The van der Waals surface area contributed by atoms with Crippen LogP contribution in [0.15, 0.2) is 18.2 Å². The zero-order chi connectivity index (χ0) is 13.4. The lowest BCUT2D eigenvalue weighted by Gasteiger charge is -2.15. The van der Waals surface area contributed by atoms with E-state index >= 15 is 0 Å². The van der Waals surface area contributed by atoms with Crippen LogP contribution in [0.25, 0.3) is 0 Å². The van der Waals surface area contributed by atoms with Gasteiger partial charge in [0.1, 0.15) is 5.75 Å². The van der Waals surface area contributed by atoms with E-state index in [1.165, 1.54) is 7.05 Å². The summed E-state index contributed by atoms with van der Waals surface area (Å²) in [5, 5.41) is 14.3. The van der Waals surface area contributed by atoms with Crippen LogP contribution in [0.1, 0.15) is 12.0 Å². The second-order valence-electron chi connectivity index (χ2n) is 3.64. The van der Waals surface area contributed by atoms with Crippen LogP contribution in [-0.2, 0) is 6.61 Å². The highest BCUT2D eigenvalue weighted by atomic mass is 16.5. The number of rotatable bonds is 6. The Kier molecular flexibility index (Phi) is 5.96. The van der Waals surface area contributed by atoms with Gasteiger partial charge < -0.3 is 26.2 Å². The number of nitrogens with one attached hydrogen (secondary N) is 2. The number of hydrogen-bond acceptors (Lipinski definition) is 4. The minimum absolute atomic E-state index is 0.173. The summed E-state index contributed by atoms with van der Waals surface area (Å²) >= 11 is 0. The van der Waals surface area contributed by atoms with Crippen molar-refractivity contribution in [2.45, 2.75) is 13.0 Å². The third-order valence-electron chi connectivity index (χ3n) is 2.35. The van der Waals surface area contributed by atoms with Gasteiger partial charge in [0.25, 0.3) is 0 Å². The number of nitrogens with two attached hydrogens (primary N) is 1. The number of urea groups is 1. The summed E-state index contributed by atoms with van der Waals surface area (Å²) in [6, 6.07) is 4.86. The van der Waals surface area contributed by atoms with Crippen molar-refractivity contribution in [2.75, 3.05) is 25.5 Å². The predicted octanol–water partition coefficient (Wildman–Crippen LogP) is 0.658. The third-order valence-corrected chi connectivity index (χ3v) is 2.35. The van der Waals surface area contributed by atoms with Gasteiger partial charge in [-0.05, 0) is 19.0 Å². The molecule has 0 aromatic heterocycles. The highest BCUT2D eigenvalue weighted by Gasteiger charge is 2.11. The number of aliphatic hydroxyl groups excluding tert-OH is 1. The molecule has 0 atom stereocenters. The Morgan fingerprint density at radius 2 is 2.28 bits per heavy atom. The molecule has 0 radical (unpaired) electrons. The lowest BCUT2D eigenvalue weighted by atomic mass is 10.1. The van der Waals surface area contributed by atoms with Gasteiger partial charge in [0.2, 0.25) is 0 Å². The molecule has 0 heterocycles. The quantitative estimate of drug-likeness (QED) is 0.560. The van der Waals surface area contributed by atoms with Crippen molar-refractivity contribution in [2.24, 2.45) is 5.73 Å². The molecule has 18 heavy (non-hydrogen) atoms. The molecule has 1 aromatic carbocycles. The molecule has 5 N–H and O–H groups in total. The third kappa shape index (κ3) is 3.90. The maximum Gasteiger partial charge on any atom is 0.319 e. The van der Waals surface area contributed by atoms with Crippen LogP contribution in [0.2, 0.25) is 0 Å². The van der Waals surface area contributed by atoms with Gasteiger partial charge in [-0.3, -0.25) is 0 Å². The highest BCUT2D eigenvalue weighted by Crippen LogP contribution is 2.28. The Balaban J connectivity index is 2.89. The van der Waals surface area contributed by atoms with Gasteiger partial charge in [0.15, 0.2) is 0 Å². The molecule has 0 aliphatic rings. The van der Waals surface area contributed by atoms with Crippen molar-refractivity contribution in [3.05, 3.63) is 23.8 Å². The van der Waals surface area contributed by atoms with Crippen LogP contribution in [0.5, 0.6) is 5.75 Å². The first-order valence-corrected chi connectivity index (χ1v) is 5.77. The average Bonchev–Trinajstić information content (AvgIpc) is 2.40. The molecule has 1 rings (SSSR count). The van der Waals surface area contributed by atoms with Crippen molar-refractivity contribution >= 4 is 11.7 Å². The smallest absolute Gasteiger partial charge is 0.319 e. The van der Waals surface area contributed by atoms with E-state index in [-0.39, 0.29) is 12.6 Å². The second-order valence-corrected chi connectivity index (χ2v) is 3.64. The number of amides is 2. The lowest BCUT2D eigenvalue weighted by molar-refractivity contribution is 0.253. The Bertz CT molecular complexity index is 396. The van der Waals surface area contributed by atoms with Crippen molar-refractivity contribution < 1.29 is 14.6 Å². The van der Waals surface area contributed by atoms with Crippen LogP contribution >= 0.6 is 0 Å². The molecular weight excluding hydrogens is 234 g/mol. The summed E-state index contributed by atoms with van der Waals surface area (Å²) in [5.74, 6) is 0.526. The molecule has 0 fully saturated rings. The molecule has 100 valence electrons. The first kappa shape index (κ1) is 14.3. The molecule has 0 spiro atoms. The first-order chi connectivity index (χ1) is 8.72. The number of benzene rings is 1. The van der Waals surface area contributed by atoms with E-state index in [2.05, 4.69) is 10.6 Å². The average molecular weight is 253 g/mol. The number of para-hydroxylation sites is 1. The number of anilines is 1. The topological polar surface area (TPSA) is 96.6 Å². The molecule has 0 saturated heterocycles. The minimum atomic E-state index is -0.362. The normalized spacial score (nSPS) is 9.94. The molecule has 0 unspecified atom stereocenters. The molecule has 6 heteroatoms. The van der Waals surface area contributed by atoms with Gasteiger partial charge in [0.05, 0.1) is 18.9 Å². The highest BCUT2D eigenvalue weighted by molar-refractivity contribution is 5.91. The van der Waals surface area contributed by atoms with Crippen LogP contribution in [0, 0.1) is 0 Å². The molecule has 0 bridgehead atoms. The summed E-state index contributed by atoms with van der Waals surface area (Å²) in [7, 11) is 1.52. The molecule has 2 amide bonds. The van der Waals surface area contributed by atoms with E-state index in [1.54, 1.807) is 18.2 Å². The van der Waals surface area contributed by atoms with Crippen LogP contribution in [0.4, 0.5) is 10.5 Å². The number of carbonyl (C=O) groups is 1. The SMILES string of the molecule is CNC(=O)Nc1c(CO)cccc1OCCCN. The Labute approximate surface area is 106 Å². The second kappa shape index (κ2) is 7.52. The van der Waals surface area contributed by atoms with E-state index in [1.807, 2.05) is 0 Å². The van der Waals surface area contributed by atoms with Gasteiger partial charge in [0, 0.05) is 12.6 Å². The maximum absolute atomic E-state index is 11.4. The number of aliphatic hydroxyl groups is 1. The summed E-state index contributed by atoms with van der Waals surface area (Å²) in [4.78, 5) is 11.4. The van der Waals surface area contributed by atoms with E-state index < -0.39 is 0 Å². The number of hydrogen-bond donors (Lipinski definition) is 4. The van der Waals surface area contributed by atoms with Crippen LogP contribution in [0.3, 0.4) is 0 Å². The van der Waals surface area contributed by atoms with Gasteiger partial charge in [-0.25, -0.2) is 4.79 Å². The largest absolute Gasteiger partial charge is 0.491 e. The summed E-state index contributed by atoms with van der Waals surface area (Å²) in [5.41, 5.74) is 6.47. The fourth-order valence-electron chi connectivity index (χ4n) is 1.41. The summed E-state index contributed by atoms with van der Waals surface area (Å²) in [6.07, 6.45) is 0.725. The van der Waals surface area contributed by atoms with Crippen molar-refractivity contribution in [1.29, 1.82) is 0 Å². The lowest BCUT2D eigenvalue weighted by Crippen LogP contribution is -2.25. The Morgan fingerprint density at radius 3 is 2.89 bits per heavy atom. The molecule has 0 aliphatic carbocycles. The van der Waals surface area contributed by atoms with Gasteiger partial charge >= 0.3 is 6.03 Å². The Morgan fingerprint density at radius 1 is 1.50 bits per heavy atom. The zero-order valence-electron chi connectivity index (χ0n) is 10.4. The zero-order valence-corrected chi connectivity index (χ0v) is 10.4. The Hall–Kier alpha value is -1.79. The monoisotopic (exact) mass is 253 g/mol. The summed E-state index contributed by atoms with van der Waals surface area (Å²) < 4.78 is 5.53. The molecule has 1 aromatic rings. The fourth-order valence-corrected chi connectivity index (χ4v) is 1.41. The van der Waals surface area contributed by atoms with Crippen molar-refractivity contribution in [3.63, 3.8) is 0 Å². The standard InChI is InChI=1S/C12H19N3O3/c1-14-12(17)15-11-9(8-16)4-2-5-10(11)18-7-3-6-13/h2,4-5,16H,3,6-8,13H2,1H3,(H2,14,15,17). The molecule has 6 nitrogen and oxygen atoms in total. The van der Waals surface area contributed by atoms with E-state index in [9.17, 15) is 9.90 Å². The number of carbonyl (C=O) groups excluding carboxylic acids is 1. The first-order valence-electron chi connectivity index (χ1n) is 5.77. The maximum atomic E-state index is 11.4. The van der Waals surface area contributed by atoms with E-state index in [0.29, 0.717) is 30.2 Å². The van der Waals surface area contributed by atoms with Gasteiger partial charge in [-0.2, -0.15) is 0 Å². The molecular formula is C12H19N3O3. The van der Waals surface area contributed by atoms with E-state index in [4.69, 9.17) is 10.5 Å². The minimum Gasteiger partial charge on any atom is -0.491 e. The summed E-state index contributed by atoms with van der Waals surface area (Å²) in [6.45, 7) is 0.832. The van der Waals surface area contributed by atoms with Gasteiger partial charge in [-0.15, -0.1) is 0 Å². The van der Waals surface area contributed by atoms with Crippen LogP contribution in [-0.4, -0.2) is 31.3 Å².